The van der Waals surface area contributed by atoms with Crippen LogP contribution < -0.4 is 19.7 Å². The lowest BCUT2D eigenvalue weighted by Crippen LogP contribution is -2.44. The van der Waals surface area contributed by atoms with E-state index < -0.39 is 0 Å². The van der Waals surface area contributed by atoms with E-state index in [0.717, 1.165) is 43.0 Å². The van der Waals surface area contributed by atoms with Crippen LogP contribution in [-0.4, -0.2) is 58.3 Å². The standard InChI is InChI=1S/C23H31N3O3/c1-16-6-8-19(26-12-10-25(3)11-13-26)15-20(16)23(27)24-17(2)18-7-9-21(28-4)22(14-18)29-5/h6-9,14-15,17H,10-13H2,1-5H3,(H,24,27). The van der Waals surface area contributed by atoms with Crippen molar-refractivity contribution in [2.45, 2.75) is 19.9 Å². The predicted molar refractivity (Wildman–Crippen MR) is 116 cm³/mol. The third-order valence-electron chi connectivity index (χ3n) is 5.59. The van der Waals surface area contributed by atoms with Gasteiger partial charge in [0.2, 0.25) is 0 Å². The molecule has 0 aromatic heterocycles. The molecule has 1 aliphatic rings. The highest BCUT2D eigenvalue weighted by atomic mass is 16.5. The number of nitrogens with one attached hydrogen (secondary N) is 1. The highest BCUT2D eigenvalue weighted by Gasteiger charge is 2.19. The number of hydrogen-bond acceptors (Lipinski definition) is 5. The molecule has 3 rings (SSSR count). The Hall–Kier alpha value is -2.73. The van der Waals surface area contributed by atoms with Crippen LogP contribution in [0.15, 0.2) is 36.4 Å². The molecule has 0 aliphatic carbocycles. The van der Waals surface area contributed by atoms with Gasteiger partial charge in [0.25, 0.3) is 5.91 Å². The maximum absolute atomic E-state index is 13.0. The Morgan fingerprint density at radius 3 is 2.34 bits per heavy atom. The van der Waals surface area contributed by atoms with Crippen LogP contribution >= 0.6 is 0 Å². The van der Waals surface area contributed by atoms with Gasteiger partial charge in [-0.1, -0.05) is 12.1 Å². The Balaban J connectivity index is 1.75. The topological polar surface area (TPSA) is 54.0 Å². The molecule has 0 spiro atoms. The SMILES string of the molecule is COc1ccc(C(C)NC(=O)c2cc(N3CCN(C)CC3)ccc2C)cc1OC. The Morgan fingerprint density at radius 1 is 1.00 bits per heavy atom. The van der Waals surface area contributed by atoms with Gasteiger partial charge >= 0.3 is 0 Å². The van der Waals surface area contributed by atoms with Crippen LogP contribution in [0.1, 0.15) is 34.5 Å². The van der Waals surface area contributed by atoms with E-state index >= 15 is 0 Å². The molecule has 0 saturated carbocycles. The summed E-state index contributed by atoms with van der Waals surface area (Å²) >= 11 is 0. The Labute approximate surface area is 173 Å². The van der Waals surface area contributed by atoms with Gasteiger partial charge in [-0.2, -0.15) is 0 Å². The van der Waals surface area contributed by atoms with Gasteiger partial charge in [-0.3, -0.25) is 4.79 Å². The van der Waals surface area contributed by atoms with E-state index in [2.05, 4.69) is 28.2 Å². The van der Waals surface area contributed by atoms with Gasteiger partial charge in [-0.15, -0.1) is 0 Å². The first-order valence-corrected chi connectivity index (χ1v) is 10.00. The summed E-state index contributed by atoms with van der Waals surface area (Å²) in [6, 6.07) is 11.7. The number of hydrogen-bond donors (Lipinski definition) is 1. The molecule has 6 nitrogen and oxygen atoms in total. The van der Waals surface area contributed by atoms with Crippen molar-refractivity contribution < 1.29 is 14.3 Å². The van der Waals surface area contributed by atoms with Gasteiger partial charge < -0.3 is 24.6 Å². The largest absolute Gasteiger partial charge is 0.493 e. The van der Waals surface area contributed by atoms with Gasteiger partial charge in [0.1, 0.15) is 0 Å². The second-order valence-electron chi connectivity index (χ2n) is 7.60. The lowest BCUT2D eigenvalue weighted by atomic mass is 10.0. The summed E-state index contributed by atoms with van der Waals surface area (Å²) in [6.07, 6.45) is 0. The van der Waals surface area contributed by atoms with Crippen molar-refractivity contribution in [1.82, 2.24) is 10.2 Å². The van der Waals surface area contributed by atoms with Crippen LogP contribution in [-0.2, 0) is 0 Å². The average molecular weight is 398 g/mol. The van der Waals surface area contributed by atoms with Gasteiger partial charge in [-0.05, 0) is 56.3 Å². The second-order valence-corrected chi connectivity index (χ2v) is 7.60. The summed E-state index contributed by atoms with van der Waals surface area (Å²) in [5, 5.41) is 3.12. The molecule has 1 unspecified atom stereocenters. The third kappa shape index (κ3) is 4.82. The maximum Gasteiger partial charge on any atom is 0.252 e. The number of nitrogens with zero attached hydrogens (tertiary/aromatic N) is 2. The lowest BCUT2D eigenvalue weighted by Gasteiger charge is -2.34. The smallest absolute Gasteiger partial charge is 0.252 e. The minimum absolute atomic E-state index is 0.0687. The van der Waals surface area contributed by atoms with E-state index in [1.54, 1.807) is 14.2 Å². The van der Waals surface area contributed by atoms with E-state index in [9.17, 15) is 4.79 Å². The number of carbonyl (C=O) groups is 1. The Kier molecular flexibility index (Phi) is 6.64. The van der Waals surface area contributed by atoms with Crippen molar-refractivity contribution in [2.24, 2.45) is 0 Å². The van der Waals surface area contributed by atoms with E-state index in [4.69, 9.17) is 9.47 Å². The molecule has 1 saturated heterocycles. The van der Waals surface area contributed by atoms with Crippen molar-refractivity contribution in [2.75, 3.05) is 52.3 Å². The van der Waals surface area contributed by atoms with Crippen LogP contribution in [0.4, 0.5) is 5.69 Å². The minimum atomic E-state index is -0.158. The molecule has 1 fully saturated rings. The number of methoxy groups -OCH3 is 2. The highest BCUT2D eigenvalue weighted by Crippen LogP contribution is 2.30. The molecule has 156 valence electrons. The van der Waals surface area contributed by atoms with Crippen LogP contribution in [0.2, 0.25) is 0 Å². The predicted octanol–water partition coefficient (Wildman–Crippen LogP) is 3.26. The van der Waals surface area contributed by atoms with Crippen molar-refractivity contribution in [3.05, 3.63) is 53.1 Å². The molecule has 1 atom stereocenters. The normalized spacial score (nSPS) is 15.7. The molecule has 0 bridgehead atoms. The first-order chi connectivity index (χ1) is 13.9. The molecule has 29 heavy (non-hydrogen) atoms. The van der Waals surface area contributed by atoms with E-state index in [1.165, 1.54) is 0 Å². The zero-order chi connectivity index (χ0) is 21.0. The number of aryl methyl sites for hydroxylation is 1. The van der Waals surface area contributed by atoms with Crippen LogP contribution in [0, 0.1) is 6.92 Å². The molecular formula is C23H31N3O3. The number of rotatable bonds is 6. The average Bonchev–Trinajstić information content (AvgIpc) is 2.74. The molecule has 0 radical (unpaired) electrons. The minimum Gasteiger partial charge on any atom is -0.493 e. The van der Waals surface area contributed by atoms with Crippen molar-refractivity contribution in [3.63, 3.8) is 0 Å². The van der Waals surface area contributed by atoms with E-state index in [0.29, 0.717) is 17.1 Å². The maximum atomic E-state index is 13.0. The first-order valence-electron chi connectivity index (χ1n) is 10.00. The van der Waals surface area contributed by atoms with Gasteiger partial charge in [0.15, 0.2) is 11.5 Å². The number of benzene rings is 2. The molecule has 1 aliphatic heterocycles. The molecular weight excluding hydrogens is 366 g/mol. The fourth-order valence-electron chi connectivity index (χ4n) is 3.60. The summed E-state index contributed by atoms with van der Waals surface area (Å²) in [5.41, 5.74) is 3.75. The van der Waals surface area contributed by atoms with Gasteiger partial charge in [-0.25, -0.2) is 0 Å². The van der Waals surface area contributed by atoms with Gasteiger partial charge in [0.05, 0.1) is 20.3 Å². The summed E-state index contributed by atoms with van der Waals surface area (Å²) in [4.78, 5) is 17.7. The molecule has 6 heteroatoms. The van der Waals surface area contributed by atoms with Gasteiger partial charge in [0, 0.05) is 37.4 Å². The van der Waals surface area contributed by atoms with Crippen molar-refractivity contribution >= 4 is 11.6 Å². The zero-order valence-electron chi connectivity index (χ0n) is 18.0. The monoisotopic (exact) mass is 397 g/mol. The number of ether oxygens (including phenoxy) is 2. The number of carbonyl (C=O) groups excluding carboxylic acids is 1. The number of likely N-dealkylation sites (N-methyl/N-ethyl adjacent to an activating group) is 1. The first kappa shape index (κ1) is 21.0. The summed E-state index contributed by atoms with van der Waals surface area (Å²) in [7, 11) is 5.36. The van der Waals surface area contributed by atoms with Crippen molar-refractivity contribution in [1.29, 1.82) is 0 Å². The zero-order valence-corrected chi connectivity index (χ0v) is 18.0. The molecule has 1 heterocycles. The second kappa shape index (κ2) is 9.18. The van der Waals surface area contributed by atoms with Crippen molar-refractivity contribution in [3.8, 4) is 11.5 Å². The Bertz CT molecular complexity index is 860. The summed E-state index contributed by atoms with van der Waals surface area (Å²) < 4.78 is 10.7. The molecule has 1 N–H and O–H groups in total. The summed E-state index contributed by atoms with van der Waals surface area (Å²) in [5.74, 6) is 1.26. The summed E-state index contributed by atoms with van der Waals surface area (Å²) in [6.45, 7) is 7.96. The van der Waals surface area contributed by atoms with E-state index in [1.807, 2.05) is 44.2 Å². The molecule has 2 aromatic rings. The van der Waals surface area contributed by atoms with Crippen LogP contribution in [0.5, 0.6) is 11.5 Å². The lowest BCUT2D eigenvalue weighted by molar-refractivity contribution is 0.0939. The van der Waals surface area contributed by atoms with Crippen LogP contribution in [0.25, 0.3) is 0 Å². The highest BCUT2D eigenvalue weighted by molar-refractivity contribution is 5.96. The molecule has 2 aromatic carbocycles. The quantitative estimate of drug-likeness (QED) is 0.811. The fourth-order valence-corrected chi connectivity index (χ4v) is 3.60. The molecule has 1 amide bonds. The number of amides is 1. The van der Waals surface area contributed by atoms with Crippen LogP contribution in [0.3, 0.4) is 0 Å². The number of anilines is 1. The Morgan fingerprint density at radius 2 is 1.69 bits per heavy atom. The fraction of sp³-hybridized carbons (Fsp3) is 0.435. The third-order valence-corrected chi connectivity index (χ3v) is 5.59. The van der Waals surface area contributed by atoms with E-state index in [-0.39, 0.29) is 11.9 Å². The number of piperazine rings is 1.